The van der Waals surface area contributed by atoms with Gasteiger partial charge in [0.05, 0.1) is 21.5 Å². The number of nitro groups is 2. The Bertz CT molecular complexity index is 758. The summed E-state index contributed by atoms with van der Waals surface area (Å²) >= 11 is 0. The van der Waals surface area contributed by atoms with Crippen LogP contribution in [-0.2, 0) is 0 Å². The predicted molar refractivity (Wildman–Crippen MR) is 78.9 cm³/mol. The molecule has 0 saturated heterocycles. The molecule has 0 atom stereocenters. The molecule has 0 saturated carbocycles. The minimum absolute atomic E-state index is 0.146. The van der Waals surface area contributed by atoms with Crippen molar-refractivity contribution in [2.24, 2.45) is 0 Å². The molecule has 1 N–H and O–H groups in total. The molecular weight excluding hydrogens is 288 g/mol. The first-order chi connectivity index (χ1) is 10.4. The van der Waals surface area contributed by atoms with Crippen molar-refractivity contribution in [2.45, 2.75) is 6.92 Å². The smallest absolute Gasteiger partial charge is 0.301 e. The van der Waals surface area contributed by atoms with E-state index in [-0.39, 0.29) is 11.3 Å². The van der Waals surface area contributed by atoms with Gasteiger partial charge in [-0.15, -0.1) is 0 Å². The lowest BCUT2D eigenvalue weighted by molar-refractivity contribution is -0.392. The summed E-state index contributed by atoms with van der Waals surface area (Å²) in [5.41, 5.74) is 0.0132. The highest BCUT2D eigenvalue weighted by molar-refractivity contribution is 5.80. The summed E-state index contributed by atoms with van der Waals surface area (Å²) in [6, 6.07) is 10.5. The Kier molecular flexibility index (Phi) is 3.99. The van der Waals surface area contributed by atoms with Gasteiger partial charge < -0.3 is 5.32 Å². The van der Waals surface area contributed by atoms with Crippen molar-refractivity contribution < 1.29 is 9.85 Å². The van der Waals surface area contributed by atoms with Crippen LogP contribution in [0.25, 0.3) is 0 Å². The summed E-state index contributed by atoms with van der Waals surface area (Å²) in [5, 5.41) is 33.8. The molecule has 0 aliphatic heterocycles. The number of hydrogen-bond donors (Lipinski definition) is 1. The monoisotopic (exact) mass is 298 g/mol. The standard InChI is InChI=1S/C14H10N4O4/c1-9-2-4-11(5-3-9)16-14-12(17(19)20)6-10(8-15)7-13(14)18(21)22/h2-7,16H,1H3. The molecule has 0 aliphatic rings. The number of nitrogens with zero attached hydrogens (tertiary/aromatic N) is 3. The maximum absolute atomic E-state index is 11.1. The summed E-state index contributed by atoms with van der Waals surface area (Å²) < 4.78 is 0. The second-order valence-electron chi connectivity index (χ2n) is 4.51. The van der Waals surface area contributed by atoms with E-state index in [2.05, 4.69) is 5.32 Å². The fraction of sp³-hybridized carbons (Fsp3) is 0.0714. The van der Waals surface area contributed by atoms with Gasteiger partial charge in [0.15, 0.2) is 5.69 Å². The van der Waals surface area contributed by atoms with Crippen molar-refractivity contribution in [3.63, 3.8) is 0 Å². The molecule has 2 rings (SSSR count). The molecule has 0 fully saturated rings. The molecule has 0 aliphatic carbocycles. The first-order valence-corrected chi connectivity index (χ1v) is 6.13. The van der Waals surface area contributed by atoms with Crippen LogP contribution in [-0.4, -0.2) is 9.85 Å². The molecule has 0 spiro atoms. The number of rotatable bonds is 4. The van der Waals surface area contributed by atoms with E-state index >= 15 is 0 Å². The van der Waals surface area contributed by atoms with Gasteiger partial charge in [-0.3, -0.25) is 20.2 Å². The van der Waals surface area contributed by atoms with E-state index in [0.717, 1.165) is 17.7 Å². The van der Waals surface area contributed by atoms with Crippen molar-refractivity contribution in [1.82, 2.24) is 0 Å². The Labute approximate surface area is 124 Å². The third-order valence-electron chi connectivity index (χ3n) is 2.94. The molecular formula is C14H10N4O4. The molecule has 8 nitrogen and oxygen atoms in total. The SMILES string of the molecule is Cc1ccc(Nc2c([N+](=O)[O-])cc(C#N)cc2[N+](=O)[O-])cc1. The molecule has 22 heavy (non-hydrogen) atoms. The van der Waals surface area contributed by atoms with E-state index < -0.39 is 21.2 Å². The summed E-state index contributed by atoms with van der Waals surface area (Å²) in [4.78, 5) is 20.8. The van der Waals surface area contributed by atoms with Crippen LogP contribution in [0.3, 0.4) is 0 Å². The maximum Gasteiger partial charge on any atom is 0.301 e. The highest BCUT2D eigenvalue weighted by Crippen LogP contribution is 2.37. The number of nitrogens with one attached hydrogen (secondary N) is 1. The summed E-state index contributed by atoms with van der Waals surface area (Å²) in [6.07, 6.45) is 0. The topological polar surface area (TPSA) is 122 Å². The van der Waals surface area contributed by atoms with Crippen molar-refractivity contribution in [1.29, 1.82) is 5.26 Å². The average Bonchev–Trinajstić information content (AvgIpc) is 2.49. The lowest BCUT2D eigenvalue weighted by atomic mass is 10.1. The first kappa shape index (κ1) is 14.9. The zero-order valence-electron chi connectivity index (χ0n) is 11.4. The number of nitriles is 1. The lowest BCUT2D eigenvalue weighted by Gasteiger charge is -2.08. The second-order valence-corrected chi connectivity index (χ2v) is 4.51. The van der Waals surface area contributed by atoms with Gasteiger partial charge >= 0.3 is 11.4 Å². The van der Waals surface area contributed by atoms with Crippen LogP contribution in [0.4, 0.5) is 22.7 Å². The summed E-state index contributed by atoms with van der Waals surface area (Å²) in [6.45, 7) is 1.87. The van der Waals surface area contributed by atoms with Gasteiger partial charge in [0.1, 0.15) is 0 Å². The Morgan fingerprint density at radius 3 is 1.95 bits per heavy atom. The van der Waals surface area contributed by atoms with Gasteiger partial charge in [0.25, 0.3) is 0 Å². The Morgan fingerprint density at radius 1 is 1.05 bits per heavy atom. The second kappa shape index (κ2) is 5.88. The number of aryl methyl sites for hydroxylation is 1. The third-order valence-corrected chi connectivity index (χ3v) is 2.94. The number of hydrogen-bond acceptors (Lipinski definition) is 6. The number of benzene rings is 2. The van der Waals surface area contributed by atoms with E-state index in [0.29, 0.717) is 5.69 Å². The zero-order chi connectivity index (χ0) is 16.3. The van der Waals surface area contributed by atoms with Crippen molar-refractivity contribution >= 4 is 22.7 Å². The van der Waals surface area contributed by atoms with Crippen molar-refractivity contribution in [3.8, 4) is 6.07 Å². The number of nitro benzene ring substituents is 2. The quantitative estimate of drug-likeness (QED) is 0.681. The van der Waals surface area contributed by atoms with E-state index in [1.54, 1.807) is 30.3 Å². The van der Waals surface area contributed by atoms with Crippen molar-refractivity contribution in [2.75, 3.05) is 5.32 Å². The predicted octanol–water partition coefficient (Wildman–Crippen LogP) is 3.43. The fourth-order valence-electron chi connectivity index (χ4n) is 1.87. The molecule has 0 radical (unpaired) electrons. The Hall–Kier alpha value is -3.47. The molecule has 0 amide bonds. The van der Waals surface area contributed by atoms with Crippen LogP contribution in [0, 0.1) is 38.5 Å². The fourth-order valence-corrected chi connectivity index (χ4v) is 1.87. The van der Waals surface area contributed by atoms with Gasteiger partial charge in [-0.25, -0.2) is 0 Å². The van der Waals surface area contributed by atoms with E-state index in [1.807, 2.05) is 6.92 Å². The summed E-state index contributed by atoms with van der Waals surface area (Å²) in [7, 11) is 0. The van der Waals surface area contributed by atoms with E-state index in [4.69, 9.17) is 5.26 Å². The maximum atomic E-state index is 11.1. The minimum Gasteiger partial charge on any atom is -0.344 e. The highest BCUT2D eigenvalue weighted by Gasteiger charge is 2.27. The van der Waals surface area contributed by atoms with Gasteiger partial charge in [0, 0.05) is 17.8 Å². The minimum atomic E-state index is -0.760. The van der Waals surface area contributed by atoms with Gasteiger partial charge in [-0.2, -0.15) is 5.26 Å². The summed E-state index contributed by atoms with van der Waals surface area (Å²) in [5.74, 6) is 0. The molecule has 110 valence electrons. The molecule has 0 unspecified atom stereocenters. The van der Waals surface area contributed by atoms with E-state index in [1.165, 1.54) is 0 Å². The lowest BCUT2D eigenvalue weighted by Crippen LogP contribution is -2.02. The largest absolute Gasteiger partial charge is 0.344 e. The molecule has 8 heteroatoms. The average molecular weight is 298 g/mol. The van der Waals surface area contributed by atoms with Crippen molar-refractivity contribution in [3.05, 3.63) is 67.8 Å². The van der Waals surface area contributed by atoms with Crippen LogP contribution in [0.15, 0.2) is 36.4 Å². The molecule has 2 aromatic carbocycles. The molecule has 0 heterocycles. The Morgan fingerprint density at radius 2 is 1.55 bits per heavy atom. The first-order valence-electron chi connectivity index (χ1n) is 6.13. The normalized spacial score (nSPS) is 9.82. The van der Waals surface area contributed by atoms with Crippen LogP contribution in [0.5, 0.6) is 0 Å². The van der Waals surface area contributed by atoms with E-state index in [9.17, 15) is 20.2 Å². The molecule has 0 aromatic heterocycles. The Balaban J connectivity index is 2.61. The van der Waals surface area contributed by atoms with Gasteiger partial charge in [-0.1, -0.05) is 17.7 Å². The van der Waals surface area contributed by atoms with Gasteiger partial charge in [-0.05, 0) is 19.1 Å². The highest BCUT2D eigenvalue weighted by atomic mass is 16.6. The number of anilines is 2. The van der Waals surface area contributed by atoms with Crippen LogP contribution < -0.4 is 5.32 Å². The zero-order valence-corrected chi connectivity index (χ0v) is 11.4. The van der Waals surface area contributed by atoms with Crippen LogP contribution >= 0.6 is 0 Å². The van der Waals surface area contributed by atoms with Gasteiger partial charge in [0.2, 0.25) is 0 Å². The molecule has 0 bridgehead atoms. The van der Waals surface area contributed by atoms with Crippen LogP contribution in [0.2, 0.25) is 0 Å². The third kappa shape index (κ3) is 2.99. The molecule has 2 aromatic rings. The van der Waals surface area contributed by atoms with Crippen LogP contribution in [0.1, 0.15) is 11.1 Å².